The number of aromatic nitrogens is 3. The number of nitrogens with zero attached hydrogens (tertiary/aromatic N) is 4. The first-order valence-corrected chi connectivity index (χ1v) is 11.3. The van der Waals surface area contributed by atoms with E-state index in [9.17, 15) is 4.79 Å². The molecule has 2 aliphatic rings. The standard InChI is InChI=1S/C23H33N5O/c1-2-18-12-14-20(15-13-18)27(23(29)24-19-9-5-3-6-10-19)17-21-25-22-11-7-4-8-16-28(22)26-21/h12-15,19H,2-11,16-17H2,1H3,(H,24,29). The molecule has 2 heterocycles. The third-order valence-corrected chi connectivity index (χ3v) is 6.20. The van der Waals surface area contributed by atoms with Crippen LogP contribution in [-0.4, -0.2) is 26.8 Å². The Morgan fingerprint density at radius 1 is 1.10 bits per heavy atom. The second-order valence-corrected chi connectivity index (χ2v) is 8.37. The Balaban J connectivity index is 1.54. The summed E-state index contributed by atoms with van der Waals surface area (Å²) in [5.74, 6) is 1.80. The minimum atomic E-state index is -0.0360. The Kier molecular flexibility index (Phi) is 6.47. The zero-order valence-electron chi connectivity index (χ0n) is 17.6. The highest BCUT2D eigenvalue weighted by Gasteiger charge is 2.23. The van der Waals surface area contributed by atoms with Crippen molar-refractivity contribution in [3.8, 4) is 0 Å². The monoisotopic (exact) mass is 395 g/mol. The maximum Gasteiger partial charge on any atom is 0.322 e. The lowest BCUT2D eigenvalue weighted by Crippen LogP contribution is -2.45. The molecule has 2 aromatic rings. The van der Waals surface area contributed by atoms with Gasteiger partial charge in [-0.1, -0.05) is 44.7 Å². The summed E-state index contributed by atoms with van der Waals surface area (Å²) in [6, 6.07) is 8.53. The van der Waals surface area contributed by atoms with E-state index in [1.807, 2.05) is 21.7 Å². The average Bonchev–Trinajstić information content (AvgIpc) is 3.01. The van der Waals surface area contributed by atoms with E-state index >= 15 is 0 Å². The van der Waals surface area contributed by atoms with Crippen LogP contribution in [-0.2, 0) is 25.9 Å². The first kappa shape index (κ1) is 19.9. The van der Waals surface area contributed by atoms with E-state index < -0.39 is 0 Å². The number of nitrogens with one attached hydrogen (secondary N) is 1. The summed E-state index contributed by atoms with van der Waals surface area (Å²) < 4.78 is 2.04. The third kappa shape index (κ3) is 4.98. The number of rotatable bonds is 5. The zero-order valence-corrected chi connectivity index (χ0v) is 17.6. The van der Waals surface area contributed by atoms with Gasteiger partial charge in [0.25, 0.3) is 0 Å². The smallest absolute Gasteiger partial charge is 0.322 e. The maximum atomic E-state index is 13.2. The molecule has 6 heteroatoms. The molecule has 1 aromatic carbocycles. The van der Waals surface area contributed by atoms with E-state index in [2.05, 4.69) is 24.4 Å². The van der Waals surface area contributed by atoms with Crippen molar-refractivity contribution in [2.75, 3.05) is 4.90 Å². The number of benzene rings is 1. The van der Waals surface area contributed by atoms with E-state index in [0.29, 0.717) is 6.54 Å². The number of carbonyl (C=O) groups excluding carboxylic acids is 1. The average molecular weight is 396 g/mol. The van der Waals surface area contributed by atoms with Gasteiger partial charge in [-0.2, -0.15) is 5.10 Å². The molecule has 1 aliphatic carbocycles. The van der Waals surface area contributed by atoms with Crippen molar-refractivity contribution < 1.29 is 4.79 Å². The van der Waals surface area contributed by atoms with Crippen LogP contribution in [0.25, 0.3) is 0 Å². The van der Waals surface area contributed by atoms with Crippen molar-refractivity contribution in [3.05, 3.63) is 41.5 Å². The molecule has 0 atom stereocenters. The summed E-state index contributed by atoms with van der Waals surface area (Å²) in [7, 11) is 0. The number of urea groups is 1. The second-order valence-electron chi connectivity index (χ2n) is 8.37. The van der Waals surface area contributed by atoms with E-state index in [1.165, 1.54) is 37.7 Å². The predicted octanol–water partition coefficient (Wildman–Crippen LogP) is 4.62. The molecule has 0 spiro atoms. The quantitative estimate of drug-likeness (QED) is 0.804. The van der Waals surface area contributed by atoms with Crippen LogP contribution < -0.4 is 10.2 Å². The van der Waals surface area contributed by atoms with Crippen LogP contribution in [0.15, 0.2) is 24.3 Å². The minimum absolute atomic E-state index is 0.0360. The topological polar surface area (TPSA) is 63.1 Å². The third-order valence-electron chi connectivity index (χ3n) is 6.20. The Hall–Kier alpha value is -2.37. The number of carbonyl (C=O) groups is 1. The van der Waals surface area contributed by atoms with Gasteiger partial charge in [-0.25, -0.2) is 14.5 Å². The van der Waals surface area contributed by atoms with Crippen LogP contribution in [0, 0.1) is 0 Å². The highest BCUT2D eigenvalue weighted by Crippen LogP contribution is 2.22. The van der Waals surface area contributed by atoms with Gasteiger partial charge in [0.2, 0.25) is 0 Å². The van der Waals surface area contributed by atoms with Crippen LogP contribution in [0.2, 0.25) is 0 Å². The van der Waals surface area contributed by atoms with Crippen molar-refractivity contribution in [1.29, 1.82) is 0 Å². The molecule has 2 amide bonds. The lowest BCUT2D eigenvalue weighted by Gasteiger charge is -2.28. The number of amides is 2. The van der Waals surface area contributed by atoms with Crippen molar-refractivity contribution in [1.82, 2.24) is 20.1 Å². The van der Waals surface area contributed by atoms with Crippen molar-refractivity contribution in [3.63, 3.8) is 0 Å². The number of anilines is 1. The molecular formula is C23H33N5O. The predicted molar refractivity (Wildman–Crippen MR) is 115 cm³/mol. The molecule has 0 bridgehead atoms. The van der Waals surface area contributed by atoms with Crippen LogP contribution in [0.5, 0.6) is 0 Å². The van der Waals surface area contributed by atoms with Crippen molar-refractivity contribution >= 4 is 11.7 Å². The molecule has 4 rings (SSSR count). The van der Waals surface area contributed by atoms with E-state index in [0.717, 1.165) is 56.0 Å². The molecule has 0 saturated heterocycles. The number of fused-ring (bicyclic) bond motifs is 1. The van der Waals surface area contributed by atoms with Crippen molar-refractivity contribution in [2.45, 2.75) is 90.3 Å². The maximum absolute atomic E-state index is 13.2. The Labute approximate surface area is 173 Å². The van der Waals surface area contributed by atoms with E-state index in [-0.39, 0.29) is 12.1 Å². The molecule has 0 radical (unpaired) electrons. The van der Waals surface area contributed by atoms with Crippen LogP contribution in [0.4, 0.5) is 10.5 Å². The van der Waals surface area contributed by atoms with Crippen LogP contribution in [0.3, 0.4) is 0 Å². The summed E-state index contributed by atoms with van der Waals surface area (Å²) in [6.07, 6.45) is 11.4. The van der Waals surface area contributed by atoms with Crippen LogP contribution >= 0.6 is 0 Å². The van der Waals surface area contributed by atoms with Gasteiger partial charge in [0.05, 0.1) is 6.54 Å². The Morgan fingerprint density at radius 2 is 1.86 bits per heavy atom. The lowest BCUT2D eigenvalue weighted by atomic mass is 9.96. The molecule has 29 heavy (non-hydrogen) atoms. The van der Waals surface area contributed by atoms with Gasteiger partial charge in [0.15, 0.2) is 5.82 Å². The second kappa shape index (κ2) is 9.42. The largest absolute Gasteiger partial charge is 0.335 e. The molecule has 1 aromatic heterocycles. The lowest BCUT2D eigenvalue weighted by molar-refractivity contribution is 0.237. The summed E-state index contributed by atoms with van der Waals surface area (Å²) in [4.78, 5) is 19.8. The highest BCUT2D eigenvalue weighted by molar-refractivity contribution is 5.92. The molecule has 156 valence electrons. The highest BCUT2D eigenvalue weighted by atomic mass is 16.2. The Morgan fingerprint density at radius 3 is 2.62 bits per heavy atom. The van der Waals surface area contributed by atoms with Crippen LogP contribution in [0.1, 0.15) is 75.5 Å². The van der Waals surface area contributed by atoms with Gasteiger partial charge in [-0.15, -0.1) is 0 Å². The number of aryl methyl sites for hydroxylation is 3. The van der Waals surface area contributed by atoms with E-state index in [1.54, 1.807) is 0 Å². The fourth-order valence-corrected chi connectivity index (χ4v) is 4.41. The Bertz CT molecular complexity index is 784. The molecule has 1 saturated carbocycles. The molecule has 1 aliphatic heterocycles. The molecule has 6 nitrogen and oxygen atoms in total. The first-order valence-electron chi connectivity index (χ1n) is 11.3. The fourth-order valence-electron chi connectivity index (χ4n) is 4.41. The molecule has 0 unspecified atom stereocenters. The van der Waals surface area contributed by atoms with Crippen molar-refractivity contribution in [2.24, 2.45) is 0 Å². The minimum Gasteiger partial charge on any atom is -0.335 e. The number of hydrogen-bond acceptors (Lipinski definition) is 3. The van der Waals surface area contributed by atoms with Gasteiger partial charge in [0, 0.05) is 24.7 Å². The summed E-state index contributed by atoms with van der Waals surface area (Å²) in [6.45, 7) is 3.48. The molecule has 1 N–H and O–H groups in total. The molecular weight excluding hydrogens is 362 g/mol. The SMILES string of the molecule is CCc1ccc(N(Cc2nc3n(n2)CCCCC3)C(=O)NC2CCCCC2)cc1. The van der Waals surface area contributed by atoms with Gasteiger partial charge >= 0.3 is 6.03 Å². The zero-order chi connectivity index (χ0) is 20.1. The molecule has 1 fully saturated rings. The summed E-state index contributed by atoms with van der Waals surface area (Å²) in [5, 5.41) is 7.99. The van der Waals surface area contributed by atoms with Gasteiger partial charge in [-0.05, 0) is 49.8 Å². The van der Waals surface area contributed by atoms with Gasteiger partial charge in [-0.3, -0.25) is 4.90 Å². The summed E-state index contributed by atoms with van der Waals surface area (Å²) in [5.41, 5.74) is 2.17. The normalized spacial score (nSPS) is 17.4. The van der Waals surface area contributed by atoms with Gasteiger partial charge < -0.3 is 5.32 Å². The fraction of sp³-hybridized carbons (Fsp3) is 0.609. The van der Waals surface area contributed by atoms with E-state index in [4.69, 9.17) is 10.1 Å². The number of hydrogen-bond donors (Lipinski definition) is 1. The first-order chi connectivity index (χ1) is 14.2. The van der Waals surface area contributed by atoms with Gasteiger partial charge in [0.1, 0.15) is 5.82 Å². The summed E-state index contributed by atoms with van der Waals surface area (Å²) >= 11 is 0.